The number of anilines is 1. The molecule has 1 unspecified atom stereocenters. The fourth-order valence-electron chi connectivity index (χ4n) is 3.72. The van der Waals surface area contributed by atoms with Crippen LogP contribution in [-0.2, 0) is 17.8 Å². The molecule has 0 saturated carbocycles. The molecular weight excluding hydrogens is 374 g/mol. The van der Waals surface area contributed by atoms with Crippen molar-refractivity contribution < 1.29 is 9.53 Å². The number of aromatic nitrogens is 1. The van der Waals surface area contributed by atoms with Gasteiger partial charge < -0.3 is 15.0 Å². The number of rotatable bonds is 8. The average molecular weight is 402 g/mol. The SMILES string of the molecule is O=C(CCc1cccc(OCc2ccccc2)c1)NC1CCN(c2ccccn2)C1. The predicted octanol–water partition coefficient (Wildman–Crippen LogP) is 3.99. The molecule has 1 aliphatic heterocycles. The maximum atomic E-state index is 12.4. The van der Waals surface area contributed by atoms with Crippen molar-refractivity contribution in [1.29, 1.82) is 0 Å². The second-order valence-corrected chi connectivity index (χ2v) is 7.61. The van der Waals surface area contributed by atoms with Gasteiger partial charge in [-0.05, 0) is 48.2 Å². The van der Waals surface area contributed by atoms with Crippen molar-refractivity contribution in [2.24, 2.45) is 0 Å². The van der Waals surface area contributed by atoms with Gasteiger partial charge in [-0.1, -0.05) is 48.5 Å². The minimum atomic E-state index is 0.0958. The van der Waals surface area contributed by atoms with Crippen LogP contribution >= 0.6 is 0 Å². The van der Waals surface area contributed by atoms with E-state index in [1.54, 1.807) is 6.20 Å². The fourth-order valence-corrected chi connectivity index (χ4v) is 3.72. The van der Waals surface area contributed by atoms with Crippen LogP contribution in [-0.4, -0.2) is 30.0 Å². The highest BCUT2D eigenvalue weighted by Crippen LogP contribution is 2.18. The summed E-state index contributed by atoms with van der Waals surface area (Å²) < 4.78 is 5.89. The topological polar surface area (TPSA) is 54.5 Å². The third kappa shape index (κ3) is 5.60. The maximum absolute atomic E-state index is 12.4. The molecule has 30 heavy (non-hydrogen) atoms. The van der Waals surface area contributed by atoms with Crippen molar-refractivity contribution in [2.45, 2.75) is 31.9 Å². The fraction of sp³-hybridized carbons (Fsp3) is 0.280. The summed E-state index contributed by atoms with van der Waals surface area (Å²) in [5.74, 6) is 1.90. The van der Waals surface area contributed by atoms with Crippen LogP contribution in [0, 0.1) is 0 Å². The minimum Gasteiger partial charge on any atom is -0.489 e. The number of hydrogen-bond acceptors (Lipinski definition) is 4. The first-order chi connectivity index (χ1) is 14.8. The van der Waals surface area contributed by atoms with Gasteiger partial charge in [0, 0.05) is 31.7 Å². The number of carbonyl (C=O) groups excluding carboxylic acids is 1. The first kappa shape index (κ1) is 20.0. The molecule has 154 valence electrons. The van der Waals surface area contributed by atoms with Gasteiger partial charge in [0.15, 0.2) is 0 Å². The van der Waals surface area contributed by atoms with Crippen LogP contribution in [0.4, 0.5) is 5.82 Å². The molecule has 0 spiro atoms. The molecule has 4 rings (SSSR count). The average Bonchev–Trinajstić information content (AvgIpc) is 3.26. The number of hydrogen-bond donors (Lipinski definition) is 1. The lowest BCUT2D eigenvalue weighted by molar-refractivity contribution is -0.121. The summed E-state index contributed by atoms with van der Waals surface area (Å²) in [5.41, 5.74) is 2.25. The number of carbonyl (C=O) groups is 1. The quantitative estimate of drug-likeness (QED) is 0.620. The van der Waals surface area contributed by atoms with Gasteiger partial charge >= 0.3 is 0 Å². The van der Waals surface area contributed by atoms with Gasteiger partial charge in [0.1, 0.15) is 18.2 Å². The smallest absolute Gasteiger partial charge is 0.220 e. The van der Waals surface area contributed by atoms with E-state index in [0.29, 0.717) is 19.4 Å². The Bertz CT molecular complexity index is 947. The summed E-state index contributed by atoms with van der Waals surface area (Å²) in [6.07, 6.45) is 3.93. The summed E-state index contributed by atoms with van der Waals surface area (Å²) in [5, 5.41) is 3.17. The molecule has 5 heteroatoms. The number of ether oxygens (including phenoxy) is 1. The Labute approximate surface area is 177 Å². The van der Waals surface area contributed by atoms with Crippen molar-refractivity contribution in [2.75, 3.05) is 18.0 Å². The highest BCUT2D eigenvalue weighted by atomic mass is 16.5. The summed E-state index contributed by atoms with van der Waals surface area (Å²) in [4.78, 5) is 19.0. The molecule has 0 bridgehead atoms. The van der Waals surface area contributed by atoms with Crippen LogP contribution in [0.15, 0.2) is 79.0 Å². The third-order valence-corrected chi connectivity index (χ3v) is 5.31. The van der Waals surface area contributed by atoms with Crippen LogP contribution in [0.1, 0.15) is 24.0 Å². The second-order valence-electron chi connectivity index (χ2n) is 7.61. The number of nitrogens with one attached hydrogen (secondary N) is 1. The standard InChI is InChI=1S/C25H27N3O2/c29-25(27-22-14-16-28(18-22)24-11-4-5-15-26-24)13-12-20-9-6-10-23(17-20)30-19-21-7-2-1-3-8-21/h1-11,15,17,22H,12-14,16,18-19H2,(H,27,29). The number of pyridine rings is 1. The molecule has 1 aliphatic rings. The highest BCUT2D eigenvalue weighted by molar-refractivity contribution is 5.76. The number of aryl methyl sites for hydroxylation is 1. The van der Waals surface area contributed by atoms with E-state index in [0.717, 1.165) is 42.2 Å². The molecule has 2 aromatic carbocycles. The molecule has 2 heterocycles. The van der Waals surface area contributed by atoms with Gasteiger partial charge in [0.25, 0.3) is 0 Å². The van der Waals surface area contributed by atoms with Crippen molar-refractivity contribution in [1.82, 2.24) is 10.3 Å². The van der Waals surface area contributed by atoms with E-state index in [1.807, 2.05) is 72.8 Å². The van der Waals surface area contributed by atoms with E-state index in [1.165, 1.54) is 0 Å². The molecule has 1 aromatic heterocycles. The number of amides is 1. The molecule has 1 N–H and O–H groups in total. The number of benzene rings is 2. The second kappa shape index (κ2) is 9.92. The molecule has 3 aromatic rings. The monoisotopic (exact) mass is 401 g/mol. The van der Waals surface area contributed by atoms with Crippen molar-refractivity contribution in [3.8, 4) is 5.75 Å². The maximum Gasteiger partial charge on any atom is 0.220 e. The summed E-state index contributed by atoms with van der Waals surface area (Å²) in [7, 11) is 0. The van der Waals surface area contributed by atoms with Crippen LogP contribution in [0.25, 0.3) is 0 Å². The van der Waals surface area contributed by atoms with E-state index in [2.05, 4.69) is 15.2 Å². The molecule has 1 amide bonds. The van der Waals surface area contributed by atoms with Gasteiger partial charge in [-0.2, -0.15) is 0 Å². The zero-order valence-corrected chi connectivity index (χ0v) is 17.0. The molecule has 0 aliphatic carbocycles. The van der Waals surface area contributed by atoms with E-state index >= 15 is 0 Å². The highest BCUT2D eigenvalue weighted by Gasteiger charge is 2.24. The zero-order valence-electron chi connectivity index (χ0n) is 17.0. The van der Waals surface area contributed by atoms with Gasteiger partial charge in [-0.25, -0.2) is 4.98 Å². The third-order valence-electron chi connectivity index (χ3n) is 5.31. The first-order valence-corrected chi connectivity index (χ1v) is 10.5. The summed E-state index contributed by atoms with van der Waals surface area (Å²) in [6.45, 7) is 2.27. The molecule has 0 radical (unpaired) electrons. The van der Waals surface area contributed by atoms with Crippen LogP contribution in [0.2, 0.25) is 0 Å². The normalized spacial score (nSPS) is 15.7. The Kier molecular flexibility index (Phi) is 6.60. The summed E-state index contributed by atoms with van der Waals surface area (Å²) in [6, 6.07) is 24.2. The summed E-state index contributed by atoms with van der Waals surface area (Å²) >= 11 is 0. The van der Waals surface area contributed by atoms with Crippen molar-refractivity contribution >= 4 is 11.7 Å². The molecule has 1 saturated heterocycles. The van der Waals surface area contributed by atoms with Gasteiger partial charge in [0.05, 0.1) is 0 Å². The molecule has 5 nitrogen and oxygen atoms in total. The largest absolute Gasteiger partial charge is 0.489 e. The zero-order chi connectivity index (χ0) is 20.6. The van der Waals surface area contributed by atoms with Gasteiger partial charge in [0.2, 0.25) is 5.91 Å². The Balaban J connectivity index is 1.22. The Morgan fingerprint density at radius 1 is 1.03 bits per heavy atom. The molecular formula is C25H27N3O2. The Morgan fingerprint density at radius 3 is 2.70 bits per heavy atom. The Hall–Kier alpha value is -3.34. The van der Waals surface area contributed by atoms with Gasteiger partial charge in [-0.15, -0.1) is 0 Å². The lowest BCUT2D eigenvalue weighted by atomic mass is 10.1. The van der Waals surface area contributed by atoms with Gasteiger partial charge in [-0.3, -0.25) is 4.79 Å². The van der Waals surface area contributed by atoms with Crippen molar-refractivity contribution in [3.63, 3.8) is 0 Å². The van der Waals surface area contributed by atoms with Crippen LogP contribution in [0.3, 0.4) is 0 Å². The molecule has 1 atom stereocenters. The minimum absolute atomic E-state index is 0.0958. The lowest BCUT2D eigenvalue weighted by Gasteiger charge is -2.17. The van der Waals surface area contributed by atoms with E-state index in [-0.39, 0.29) is 11.9 Å². The lowest BCUT2D eigenvalue weighted by Crippen LogP contribution is -2.37. The first-order valence-electron chi connectivity index (χ1n) is 10.5. The van der Waals surface area contributed by atoms with Crippen LogP contribution < -0.4 is 15.0 Å². The number of nitrogens with zero attached hydrogens (tertiary/aromatic N) is 2. The van der Waals surface area contributed by atoms with Crippen LogP contribution in [0.5, 0.6) is 5.75 Å². The molecule has 1 fully saturated rings. The van der Waals surface area contributed by atoms with E-state index < -0.39 is 0 Å². The Morgan fingerprint density at radius 2 is 1.87 bits per heavy atom. The van der Waals surface area contributed by atoms with E-state index in [9.17, 15) is 4.79 Å². The van der Waals surface area contributed by atoms with E-state index in [4.69, 9.17) is 4.74 Å². The van der Waals surface area contributed by atoms with Crippen molar-refractivity contribution in [3.05, 3.63) is 90.1 Å². The predicted molar refractivity (Wildman–Crippen MR) is 119 cm³/mol.